The molecule has 0 fully saturated rings. The maximum atomic E-state index is 6.06. The van der Waals surface area contributed by atoms with Gasteiger partial charge in [-0.3, -0.25) is 0 Å². The highest BCUT2D eigenvalue weighted by Gasteiger charge is 2.12. The summed E-state index contributed by atoms with van der Waals surface area (Å²) in [5.41, 5.74) is 1.29. The van der Waals surface area contributed by atoms with Crippen LogP contribution in [0.1, 0.15) is 58.6 Å². The van der Waals surface area contributed by atoms with E-state index in [1.54, 1.807) is 0 Å². The monoisotopic (exact) mass is 267 g/mol. The van der Waals surface area contributed by atoms with Crippen LogP contribution < -0.4 is 5.32 Å². The van der Waals surface area contributed by atoms with Crippen LogP contribution in [-0.2, 0) is 0 Å². The molecule has 0 bridgehead atoms. The minimum Gasteiger partial charge on any atom is -0.307 e. The zero-order valence-corrected chi connectivity index (χ0v) is 12.8. The first kappa shape index (κ1) is 15.5. The van der Waals surface area contributed by atoms with E-state index in [1.165, 1.54) is 18.4 Å². The van der Waals surface area contributed by atoms with Gasteiger partial charge >= 0.3 is 0 Å². The molecular formula is C16H26ClN. The van der Waals surface area contributed by atoms with Gasteiger partial charge in [0.15, 0.2) is 0 Å². The summed E-state index contributed by atoms with van der Waals surface area (Å²) in [7, 11) is 0. The van der Waals surface area contributed by atoms with Crippen LogP contribution >= 0.6 is 11.6 Å². The third-order valence-corrected chi connectivity index (χ3v) is 3.56. The number of nitrogens with one attached hydrogen (secondary N) is 1. The predicted molar refractivity (Wildman–Crippen MR) is 81.2 cm³/mol. The first-order chi connectivity index (χ1) is 8.52. The lowest BCUT2D eigenvalue weighted by Crippen LogP contribution is -2.30. The van der Waals surface area contributed by atoms with E-state index < -0.39 is 0 Å². The molecule has 2 unspecified atom stereocenters. The molecular weight excluding hydrogens is 242 g/mol. The van der Waals surface area contributed by atoms with Crippen LogP contribution in [0.25, 0.3) is 0 Å². The SMILES string of the molecule is CCC(NC(C)CCC(C)C)c1cccc(Cl)c1. The van der Waals surface area contributed by atoms with E-state index in [0.717, 1.165) is 17.4 Å². The summed E-state index contributed by atoms with van der Waals surface area (Å²) in [6.45, 7) is 9.05. The molecule has 0 aliphatic rings. The van der Waals surface area contributed by atoms with Crippen molar-refractivity contribution in [3.8, 4) is 0 Å². The van der Waals surface area contributed by atoms with Crippen molar-refractivity contribution in [1.82, 2.24) is 5.32 Å². The van der Waals surface area contributed by atoms with Gasteiger partial charge in [0, 0.05) is 17.1 Å². The maximum Gasteiger partial charge on any atom is 0.0409 e. The molecule has 2 heteroatoms. The van der Waals surface area contributed by atoms with E-state index in [1.807, 2.05) is 12.1 Å². The van der Waals surface area contributed by atoms with Crippen LogP contribution in [0.4, 0.5) is 0 Å². The summed E-state index contributed by atoms with van der Waals surface area (Å²) >= 11 is 6.06. The summed E-state index contributed by atoms with van der Waals surface area (Å²) in [5.74, 6) is 0.778. The smallest absolute Gasteiger partial charge is 0.0409 e. The lowest BCUT2D eigenvalue weighted by atomic mass is 10.0. The van der Waals surface area contributed by atoms with Gasteiger partial charge in [-0.2, -0.15) is 0 Å². The fourth-order valence-electron chi connectivity index (χ4n) is 2.18. The van der Waals surface area contributed by atoms with Crippen molar-refractivity contribution >= 4 is 11.6 Å². The van der Waals surface area contributed by atoms with E-state index in [9.17, 15) is 0 Å². The first-order valence-corrected chi connectivity index (χ1v) is 7.42. The van der Waals surface area contributed by atoms with Crippen LogP contribution in [0.2, 0.25) is 5.02 Å². The Hall–Kier alpha value is -0.530. The Morgan fingerprint density at radius 1 is 1.17 bits per heavy atom. The number of hydrogen-bond acceptors (Lipinski definition) is 1. The molecule has 0 saturated carbocycles. The van der Waals surface area contributed by atoms with Crippen molar-refractivity contribution in [2.75, 3.05) is 0 Å². The van der Waals surface area contributed by atoms with Crippen molar-refractivity contribution < 1.29 is 0 Å². The van der Waals surface area contributed by atoms with Gasteiger partial charge in [0.05, 0.1) is 0 Å². The molecule has 1 N–H and O–H groups in total. The highest BCUT2D eigenvalue weighted by atomic mass is 35.5. The van der Waals surface area contributed by atoms with Gasteiger partial charge in [0.1, 0.15) is 0 Å². The third-order valence-electron chi connectivity index (χ3n) is 3.32. The lowest BCUT2D eigenvalue weighted by Gasteiger charge is -2.23. The molecule has 1 rings (SSSR count). The molecule has 0 spiro atoms. The Labute approximate surface area is 117 Å². The van der Waals surface area contributed by atoms with Crippen LogP contribution in [0.5, 0.6) is 0 Å². The molecule has 0 heterocycles. The van der Waals surface area contributed by atoms with Crippen molar-refractivity contribution in [2.24, 2.45) is 5.92 Å². The van der Waals surface area contributed by atoms with Gasteiger partial charge in [-0.25, -0.2) is 0 Å². The summed E-state index contributed by atoms with van der Waals surface area (Å²) in [6.07, 6.45) is 3.60. The highest BCUT2D eigenvalue weighted by molar-refractivity contribution is 6.30. The van der Waals surface area contributed by atoms with Crippen LogP contribution in [0.15, 0.2) is 24.3 Å². The van der Waals surface area contributed by atoms with Gasteiger partial charge in [-0.15, -0.1) is 0 Å². The predicted octanol–water partition coefficient (Wildman–Crippen LogP) is 5.21. The summed E-state index contributed by atoms with van der Waals surface area (Å²) in [6, 6.07) is 9.14. The molecule has 0 aromatic heterocycles. The van der Waals surface area contributed by atoms with E-state index in [2.05, 4.69) is 45.1 Å². The maximum absolute atomic E-state index is 6.06. The van der Waals surface area contributed by atoms with E-state index >= 15 is 0 Å². The topological polar surface area (TPSA) is 12.0 Å². The first-order valence-electron chi connectivity index (χ1n) is 7.04. The van der Waals surface area contributed by atoms with Crippen molar-refractivity contribution in [1.29, 1.82) is 0 Å². The molecule has 0 saturated heterocycles. The van der Waals surface area contributed by atoms with Crippen molar-refractivity contribution in [3.05, 3.63) is 34.9 Å². The minimum atomic E-state index is 0.408. The van der Waals surface area contributed by atoms with Gasteiger partial charge < -0.3 is 5.32 Å². The molecule has 0 radical (unpaired) electrons. The lowest BCUT2D eigenvalue weighted by molar-refractivity contribution is 0.398. The number of halogens is 1. The van der Waals surface area contributed by atoms with Crippen LogP contribution in [0, 0.1) is 5.92 Å². The van der Waals surface area contributed by atoms with Crippen molar-refractivity contribution in [3.63, 3.8) is 0 Å². The fourth-order valence-corrected chi connectivity index (χ4v) is 2.38. The van der Waals surface area contributed by atoms with Gasteiger partial charge in [0.25, 0.3) is 0 Å². The fraction of sp³-hybridized carbons (Fsp3) is 0.625. The second kappa shape index (κ2) is 7.81. The number of rotatable bonds is 7. The van der Waals surface area contributed by atoms with E-state index in [-0.39, 0.29) is 0 Å². The quantitative estimate of drug-likeness (QED) is 0.715. The molecule has 1 nitrogen and oxygen atoms in total. The highest BCUT2D eigenvalue weighted by Crippen LogP contribution is 2.21. The molecule has 0 amide bonds. The van der Waals surface area contributed by atoms with E-state index in [0.29, 0.717) is 12.1 Å². The molecule has 102 valence electrons. The Balaban J connectivity index is 2.56. The van der Waals surface area contributed by atoms with Crippen LogP contribution in [-0.4, -0.2) is 6.04 Å². The molecule has 1 aromatic carbocycles. The second-order valence-corrected chi connectivity index (χ2v) is 5.99. The molecule has 18 heavy (non-hydrogen) atoms. The van der Waals surface area contributed by atoms with Crippen LogP contribution in [0.3, 0.4) is 0 Å². The average molecular weight is 268 g/mol. The normalized spacial score (nSPS) is 14.8. The summed E-state index contributed by atoms with van der Waals surface area (Å²) < 4.78 is 0. The number of benzene rings is 1. The Bertz CT molecular complexity index is 349. The summed E-state index contributed by atoms with van der Waals surface area (Å²) in [5, 5.41) is 4.53. The second-order valence-electron chi connectivity index (χ2n) is 5.55. The number of hydrogen-bond donors (Lipinski definition) is 1. The Kier molecular flexibility index (Phi) is 6.73. The third kappa shape index (κ3) is 5.41. The Morgan fingerprint density at radius 3 is 2.44 bits per heavy atom. The molecule has 2 atom stereocenters. The standard InChI is InChI=1S/C16H26ClN/c1-5-16(14-7-6-8-15(17)11-14)18-13(4)10-9-12(2)3/h6-8,11-13,16,18H,5,9-10H2,1-4H3. The largest absolute Gasteiger partial charge is 0.307 e. The average Bonchev–Trinajstić information content (AvgIpc) is 2.33. The van der Waals surface area contributed by atoms with E-state index in [4.69, 9.17) is 11.6 Å². The summed E-state index contributed by atoms with van der Waals surface area (Å²) in [4.78, 5) is 0. The zero-order chi connectivity index (χ0) is 13.5. The minimum absolute atomic E-state index is 0.408. The molecule has 1 aromatic rings. The van der Waals surface area contributed by atoms with Gasteiger partial charge in [-0.1, -0.05) is 44.5 Å². The van der Waals surface area contributed by atoms with Crippen molar-refractivity contribution in [2.45, 2.75) is 59.0 Å². The molecule has 0 aliphatic carbocycles. The Morgan fingerprint density at radius 2 is 1.89 bits per heavy atom. The van der Waals surface area contributed by atoms with Gasteiger partial charge in [-0.05, 0) is 49.8 Å². The zero-order valence-electron chi connectivity index (χ0n) is 12.0. The molecule has 0 aliphatic heterocycles. The van der Waals surface area contributed by atoms with Gasteiger partial charge in [0.2, 0.25) is 0 Å².